The van der Waals surface area contributed by atoms with E-state index in [0.717, 1.165) is 23.1 Å². The summed E-state index contributed by atoms with van der Waals surface area (Å²) >= 11 is 0. The number of nitrogens with one attached hydrogen (secondary N) is 2. The summed E-state index contributed by atoms with van der Waals surface area (Å²) in [7, 11) is 1.78. The van der Waals surface area contributed by atoms with E-state index in [1.807, 2.05) is 79.0 Å². The molecule has 3 aromatic carbocycles. The molecule has 5 rings (SSSR count). The lowest BCUT2D eigenvalue weighted by molar-refractivity contribution is -0.124. The fourth-order valence-electron chi connectivity index (χ4n) is 4.79. The number of amides is 2. The number of carbonyl (C=O) groups is 2. The van der Waals surface area contributed by atoms with Crippen LogP contribution in [0.15, 0.2) is 85.1 Å². The Labute approximate surface area is 187 Å². The number of aromatic nitrogens is 1. The van der Waals surface area contributed by atoms with Gasteiger partial charge in [0.2, 0.25) is 5.91 Å². The lowest BCUT2D eigenvalue weighted by Crippen LogP contribution is -2.45. The minimum absolute atomic E-state index is 0.0581. The van der Waals surface area contributed by atoms with Crippen molar-refractivity contribution in [3.8, 4) is 0 Å². The second-order valence-corrected chi connectivity index (χ2v) is 8.24. The van der Waals surface area contributed by atoms with Gasteiger partial charge in [0.25, 0.3) is 5.91 Å². The first-order valence-electron chi connectivity index (χ1n) is 10.9. The quantitative estimate of drug-likeness (QED) is 0.499. The monoisotopic (exact) mass is 423 g/mol. The summed E-state index contributed by atoms with van der Waals surface area (Å²) in [6, 6.07) is 25.1. The number of nitrogens with zero attached hydrogens (tertiary/aromatic N) is 1. The molecule has 0 spiro atoms. The van der Waals surface area contributed by atoms with E-state index in [-0.39, 0.29) is 17.9 Å². The molecule has 0 saturated carbocycles. The Hall–Kier alpha value is -3.86. The van der Waals surface area contributed by atoms with Crippen molar-refractivity contribution in [2.75, 3.05) is 13.6 Å². The second kappa shape index (κ2) is 8.35. The van der Waals surface area contributed by atoms with Gasteiger partial charge in [0, 0.05) is 36.3 Å². The van der Waals surface area contributed by atoms with Gasteiger partial charge in [-0.05, 0) is 35.2 Å². The first kappa shape index (κ1) is 20.1. The molecule has 1 aliphatic heterocycles. The van der Waals surface area contributed by atoms with Crippen LogP contribution in [-0.4, -0.2) is 35.3 Å². The molecule has 160 valence electrons. The van der Waals surface area contributed by atoms with Crippen LogP contribution >= 0.6 is 0 Å². The number of carbonyl (C=O) groups excluding carboxylic acids is 2. The zero-order valence-corrected chi connectivity index (χ0v) is 17.9. The van der Waals surface area contributed by atoms with Gasteiger partial charge < -0.3 is 15.2 Å². The van der Waals surface area contributed by atoms with E-state index in [1.165, 1.54) is 10.9 Å². The lowest BCUT2D eigenvalue weighted by atomic mass is 9.79. The maximum absolute atomic E-state index is 13.5. The van der Waals surface area contributed by atoms with E-state index in [0.29, 0.717) is 12.1 Å². The van der Waals surface area contributed by atoms with E-state index in [4.69, 9.17) is 0 Å². The molecule has 4 aromatic rings. The molecule has 0 aliphatic carbocycles. The van der Waals surface area contributed by atoms with Crippen molar-refractivity contribution in [2.24, 2.45) is 0 Å². The van der Waals surface area contributed by atoms with Crippen LogP contribution in [0.2, 0.25) is 0 Å². The van der Waals surface area contributed by atoms with Crippen LogP contribution < -0.4 is 5.32 Å². The van der Waals surface area contributed by atoms with Gasteiger partial charge >= 0.3 is 0 Å². The molecule has 0 unspecified atom stereocenters. The molecule has 2 amide bonds. The van der Waals surface area contributed by atoms with E-state index in [9.17, 15) is 9.59 Å². The van der Waals surface area contributed by atoms with Gasteiger partial charge in [-0.25, -0.2) is 0 Å². The Morgan fingerprint density at radius 1 is 0.969 bits per heavy atom. The Balaban J connectivity index is 1.42. The molecule has 2 atom stereocenters. The van der Waals surface area contributed by atoms with Crippen molar-refractivity contribution in [2.45, 2.75) is 18.4 Å². The Morgan fingerprint density at radius 3 is 2.53 bits per heavy atom. The first-order valence-corrected chi connectivity index (χ1v) is 10.9. The second-order valence-electron chi connectivity index (χ2n) is 8.24. The minimum atomic E-state index is -0.473. The van der Waals surface area contributed by atoms with Gasteiger partial charge in [-0.3, -0.25) is 9.59 Å². The molecule has 0 bridgehead atoms. The number of para-hydroxylation sites is 1. The van der Waals surface area contributed by atoms with Crippen molar-refractivity contribution < 1.29 is 9.59 Å². The molecular formula is C27H25N3O2. The maximum Gasteiger partial charge on any atom is 0.254 e. The summed E-state index contributed by atoms with van der Waals surface area (Å²) in [5.74, 6) is -0.595. The number of hydrogen-bond acceptors (Lipinski definition) is 2. The average Bonchev–Trinajstić information content (AvgIpc) is 3.25. The van der Waals surface area contributed by atoms with Gasteiger partial charge in [-0.2, -0.15) is 0 Å². The van der Waals surface area contributed by atoms with Gasteiger partial charge in [-0.1, -0.05) is 66.7 Å². The first-order chi connectivity index (χ1) is 15.6. The third kappa shape index (κ3) is 3.46. The number of benzene rings is 3. The van der Waals surface area contributed by atoms with Crippen molar-refractivity contribution in [3.63, 3.8) is 0 Å². The fourth-order valence-corrected chi connectivity index (χ4v) is 4.79. The SMILES string of the molecule is CN1C(=O)c2ccccc2[C@@H](C(=O)NCCc2c[nH]c3ccccc23)[C@H]1c1ccccc1. The normalized spacial score (nSPS) is 17.9. The topological polar surface area (TPSA) is 65.2 Å². The molecular weight excluding hydrogens is 398 g/mol. The fraction of sp³-hybridized carbons (Fsp3) is 0.185. The van der Waals surface area contributed by atoms with Crippen LogP contribution in [0.1, 0.15) is 39.0 Å². The van der Waals surface area contributed by atoms with Gasteiger partial charge in [0.1, 0.15) is 0 Å². The van der Waals surface area contributed by atoms with E-state index in [1.54, 1.807) is 11.9 Å². The molecule has 1 aromatic heterocycles. The highest BCUT2D eigenvalue weighted by atomic mass is 16.2. The number of fused-ring (bicyclic) bond motifs is 2. The molecule has 2 heterocycles. The van der Waals surface area contributed by atoms with Crippen LogP contribution in [0.3, 0.4) is 0 Å². The predicted molar refractivity (Wildman–Crippen MR) is 125 cm³/mol. The van der Waals surface area contributed by atoms with E-state index >= 15 is 0 Å². The number of rotatable bonds is 5. The van der Waals surface area contributed by atoms with Gasteiger partial charge in [0.15, 0.2) is 0 Å². The zero-order valence-electron chi connectivity index (χ0n) is 17.9. The third-order valence-corrected chi connectivity index (χ3v) is 6.37. The molecule has 5 heteroatoms. The highest BCUT2D eigenvalue weighted by molar-refractivity contribution is 6.01. The maximum atomic E-state index is 13.5. The predicted octanol–water partition coefficient (Wildman–Crippen LogP) is 4.44. The van der Waals surface area contributed by atoms with Crippen molar-refractivity contribution in [1.29, 1.82) is 0 Å². The van der Waals surface area contributed by atoms with Crippen LogP contribution in [-0.2, 0) is 11.2 Å². The Bertz CT molecular complexity index is 1280. The summed E-state index contributed by atoms with van der Waals surface area (Å²) in [5.41, 5.74) is 4.61. The highest BCUT2D eigenvalue weighted by Crippen LogP contribution is 2.41. The van der Waals surface area contributed by atoms with Crippen molar-refractivity contribution in [3.05, 3.63) is 107 Å². The lowest BCUT2D eigenvalue weighted by Gasteiger charge is -2.39. The number of hydrogen-bond donors (Lipinski definition) is 2. The van der Waals surface area contributed by atoms with Gasteiger partial charge in [-0.15, -0.1) is 0 Å². The Morgan fingerprint density at radius 2 is 1.69 bits per heavy atom. The summed E-state index contributed by atoms with van der Waals surface area (Å²) in [5, 5.41) is 4.32. The average molecular weight is 424 g/mol. The number of H-pyrrole nitrogens is 1. The molecule has 0 saturated heterocycles. The van der Waals surface area contributed by atoms with Crippen LogP contribution in [0.25, 0.3) is 10.9 Å². The molecule has 2 N–H and O–H groups in total. The summed E-state index contributed by atoms with van der Waals surface area (Å²) < 4.78 is 0. The number of aromatic amines is 1. The minimum Gasteiger partial charge on any atom is -0.361 e. The summed E-state index contributed by atoms with van der Waals surface area (Å²) in [6.07, 6.45) is 2.74. The molecule has 5 nitrogen and oxygen atoms in total. The highest BCUT2D eigenvalue weighted by Gasteiger charge is 2.42. The largest absolute Gasteiger partial charge is 0.361 e. The zero-order chi connectivity index (χ0) is 22.1. The molecule has 1 aliphatic rings. The van der Waals surface area contributed by atoms with E-state index in [2.05, 4.69) is 16.4 Å². The number of likely N-dealkylation sites (N-methyl/N-ethyl adjacent to an activating group) is 1. The van der Waals surface area contributed by atoms with Crippen molar-refractivity contribution in [1.82, 2.24) is 15.2 Å². The Kier molecular flexibility index (Phi) is 5.23. The van der Waals surface area contributed by atoms with Crippen LogP contribution in [0.5, 0.6) is 0 Å². The van der Waals surface area contributed by atoms with Crippen LogP contribution in [0, 0.1) is 0 Å². The standard InChI is InChI=1S/C27H25N3O2/c1-30-25(18-9-3-2-4-10-18)24(21-12-5-6-13-22(21)27(30)32)26(31)28-16-15-19-17-29-23-14-8-7-11-20(19)23/h2-14,17,24-25,29H,15-16H2,1H3,(H,28,31)/t24-,25-/m1/s1. The summed E-state index contributed by atoms with van der Waals surface area (Å²) in [4.78, 5) is 31.6. The smallest absolute Gasteiger partial charge is 0.254 e. The molecule has 0 fully saturated rings. The third-order valence-electron chi connectivity index (χ3n) is 6.37. The summed E-state index contributed by atoms with van der Waals surface area (Å²) in [6.45, 7) is 0.526. The van der Waals surface area contributed by atoms with Crippen molar-refractivity contribution >= 4 is 22.7 Å². The van der Waals surface area contributed by atoms with Crippen LogP contribution in [0.4, 0.5) is 0 Å². The van der Waals surface area contributed by atoms with E-state index < -0.39 is 5.92 Å². The molecule has 32 heavy (non-hydrogen) atoms. The van der Waals surface area contributed by atoms with Gasteiger partial charge in [0.05, 0.1) is 12.0 Å². The molecule has 0 radical (unpaired) electrons.